The Labute approximate surface area is 102 Å². The van der Waals surface area contributed by atoms with Gasteiger partial charge < -0.3 is 5.32 Å². The Morgan fingerprint density at radius 1 is 1.24 bits per heavy atom. The Balaban J connectivity index is 1.80. The molecule has 0 unspecified atom stereocenters. The average Bonchev–Trinajstić information content (AvgIpc) is 2.40. The molecule has 2 heteroatoms. The number of nitrogens with zero attached hydrogens (tertiary/aromatic N) is 1. The molecule has 0 spiro atoms. The molecule has 1 aliphatic rings. The first-order chi connectivity index (χ1) is 8.42. The average molecular weight is 226 g/mol. The van der Waals surface area contributed by atoms with Crippen molar-refractivity contribution in [2.24, 2.45) is 5.92 Å². The van der Waals surface area contributed by atoms with Crippen LogP contribution in [0.3, 0.4) is 0 Å². The van der Waals surface area contributed by atoms with E-state index in [1.165, 1.54) is 35.9 Å². The highest BCUT2D eigenvalue weighted by molar-refractivity contribution is 5.81. The lowest BCUT2D eigenvalue weighted by atomic mass is 9.94. The quantitative estimate of drug-likeness (QED) is 0.851. The third kappa shape index (κ3) is 2.47. The number of hydrogen-bond donors (Lipinski definition) is 1. The number of pyridine rings is 1. The highest BCUT2D eigenvalue weighted by Gasteiger charge is 2.14. The first kappa shape index (κ1) is 10.7. The molecule has 0 amide bonds. The van der Waals surface area contributed by atoms with Crippen LogP contribution < -0.4 is 5.32 Å². The molecule has 2 aromatic rings. The predicted molar refractivity (Wildman–Crippen MR) is 71.0 cm³/mol. The molecule has 1 aromatic heterocycles. The van der Waals surface area contributed by atoms with Crippen molar-refractivity contribution in [3.63, 3.8) is 0 Å². The fourth-order valence-electron chi connectivity index (χ4n) is 2.63. The molecular weight excluding hydrogens is 208 g/mol. The molecule has 0 bridgehead atoms. The Morgan fingerprint density at radius 2 is 2.12 bits per heavy atom. The van der Waals surface area contributed by atoms with Gasteiger partial charge in [-0.2, -0.15) is 0 Å². The normalized spacial score (nSPS) is 20.6. The van der Waals surface area contributed by atoms with Gasteiger partial charge in [0.2, 0.25) is 0 Å². The lowest BCUT2D eigenvalue weighted by Gasteiger charge is -2.22. The van der Waals surface area contributed by atoms with Gasteiger partial charge in [0.25, 0.3) is 0 Å². The summed E-state index contributed by atoms with van der Waals surface area (Å²) in [5, 5.41) is 6.01. The summed E-state index contributed by atoms with van der Waals surface area (Å²) in [5.41, 5.74) is 1.23. The molecule has 1 atom stereocenters. The zero-order valence-corrected chi connectivity index (χ0v) is 10.0. The smallest absolute Gasteiger partial charge is 0.0413 e. The maximum absolute atomic E-state index is 4.57. The number of hydrogen-bond acceptors (Lipinski definition) is 2. The summed E-state index contributed by atoms with van der Waals surface area (Å²) in [5.74, 6) is 0.761. The predicted octanol–water partition coefficient (Wildman–Crippen LogP) is 2.78. The molecule has 1 fully saturated rings. The highest BCUT2D eigenvalue weighted by Crippen LogP contribution is 2.18. The molecule has 2 heterocycles. The Hall–Kier alpha value is -1.41. The van der Waals surface area contributed by atoms with Crippen LogP contribution in [0.5, 0.6) is 0 Å². The molecule has 1 aliphatic heterocycles. The van der Waals surface area contributed by atoms with Crippen molar-refractivity contribution in [3.8, 4) is 0 Å². The topological polar surface area (TPSA) is 24.9 Å². The van der Waals surface area contributed by atoms with Gasteiger partial charge >= 0.3 is 0 Å². The second-order valence-electron chi connectivity index (χ2n) is 4.94. The van der Waals surface area contributed by atoms with Crippen LogP contribution in [0.2, 0.25) is 0 Å². The summed E-state index contributed by atoms with van der Waals surface area (Å²) in [6, 6.07) is 10.7. The van der Waals surface area contributed by atoms with Gasteiger partial charge in [-0.15, -0.1) is 0 Å². The van der Waals surface area contributed by atoms with E-state index in [2.05, 4.69) is 40.6 Å². The number of benzene rings is 1. The first-order valence-corrected chi connectivity index (χ1v) is 6.46. The van der Waals surface area contributed by atoms with Gasteiger partial charge in [0, 0.05) is 17.3 Å². The molecule has 0 saturated carbocycles. The van der Waals surface area contributed by atoms with Crippen LogP contribution >= 0.6 is 0 Å². The van der Waals surface area contributed by atoms with E-state index in [1.54, 1.807) is 0 Å². The summed E-state index contributed by atoms with van der Waals surface area (Å²) in [4.78, 5) is 4.57. The lowest BCUT2D eigenvalue weighted by molar-refractivity contribution is 0.374. The van der Waals surface area contributed by atoms with Gasteiger partial charge in [-0.3, -0.25) is 4.98 Å². The number of piperidine rings is 1. The number of fused-ring (bicyclic) bond motifs is 1. The second-order valence-corrected chi connectivity index (χ2v) is 4.94. The molecule has 1 aromatic carbocycles. The first-order valence-electron chi connectivity index (χ1n) is 6.46. The summed E-state index contributed by atoms with van der Waals surface area (Å²) >= 11 is 0. The van der Waals surface area contributed by atoms with Crippen molar-refractivity contribution >= 4 is 10.8 Å². The molecule has 88 valence electrons. The van der Waals surface area contributed by atoms with E-state index in [0.29, 0.717) is 0 Å². The molecule has 2 nitrogen and oxygen atoms in total. The summed E-state index contributed by atoms with van der Waals surface area (Å²) in [6.45, 7) is 2.33. The maximum Gasteiger partial charge on any atom is 0.0413 e. The molecule has 3 rings (SSSR count). The van der Waals surface area contributed by atoms with Crippen molar-refractivity contribution in [2.45, 2.75) is 19.3 Å². The van der Waals surface area contributed by atoms with Crippen LogP contribution in [0, 0.1) is 5.92 Å². The summed E-state index contributed by atoms with van der Waals surface area (Å²) < 4.78 is 0. The minimum Gasteiger partial charge on any atom is -0.316 e. The van der Waals surface area contributed by atoms with Crippen LogP contribution in [0.25, 0.3) is 10.8 Å². The van der Waals surface area contributed by atoms with Gasteiger partial charge in [0.1, 0.15) is 0 Å². The molecular formula is C15H18N2. The van der Waals surface area contributed by atoms with Crippen LogP contribution in [-0.4, -0.2) is 18.1 Å². The van der Waals surface area contributed by atoms with Crippen molar-refractivity contribution < 1.29 is 0 Å². The van der Waals surface area contributed by atoms with E-state index in [-0.39, 0.29) is 0 Å². The van der Waals surface area contributed by atoms with E-state index in [0.717, 1.165) is 18.9 Å². The fourth-order valence-corrected chi connectivity index (χ4v) is 2.63. The van der Waals surface area contributed by atoms with Gasteiger partial charge in [-0.25, -0.2) is 0 Å². The lowest BCUT2D eigenvalue weighted by Crippen LogP contribution is -2.31. The van der Waals surface area contributed by atoms with E-state index in [9.17, 15) is 0 Å². The Morgan fingerprint density at radius 3 is 2.94 bits per heavy atom. The van der Waals surface area contributed by atoms with Crippen molar-refractivity contribution in [1.29, 1.82) is 0 Å². The van der Waals surface area contributed by atoms with Crippen molar-refractivity contribution in [3.05, 3.63) is 42.2 Å². The van der Waals surface area contributed by atoms with Gasteiger partial charge in [-0.05, 0) is 49.7 Å². The Bertz CT molecular complexity index is 501. The standard InChI is InChI=1S/C15H18N2/c1-2-6-14-11-17-15(9-13(14)5-1)8-12-4-3-7-16-10-12/h1-2,5-6,9,11-12,16H,3-4,7-8,10H2/t12-/m0/s1. The van der Waals surface area contributed by atoms with Gasteiger partial charge in [-0.1, -0.05) is 24.3 Å². The van der Waals surface area contributed by atoms with Crippen LogP contribution in [0.1, 0.15) is 18.5 Å². The van der Waals surface area contributed by atoms with Crippen LogP contribution in [-0.2, 0) is 6.42 Å². The van der Waals surface area contributed by atoms with Crippen molar-refractivity contribution in [1.82, 2.24) is 10.3 Å². The van der Waals surface area contributed by atoms with E-state index in [4.69, 9.17) is 0 Å². The fraction of sp³-hybridized carbons (Fsp3) is 0.400. The van der Waals surface area contributed by atoms with E-state index in [1.807, 2.05) is 6.20 Å². The zero-order chi connectivity index (χ0) is 11.5. The SMILES string of the molecule is c1ccc2cc(C[C@@H]3CCCNC3)ncc2c1. The minimum atomic E-state index is 0.761. The van der Waals surface area contributed by atoms with Crippen LogP contribution in [0.4, 0.5) is 0 Å². The maximum atomic E-state index is 4.57. The van der Waals surface area contributed by atoms with Crippen LogP contribution in [0.15, 0.2) is 36.5 Å². The van der Waals surface area contributed by atoms with E-state index < -0.39 is 0 Å². The van der Waals surface area contributed by atoms with E-state index >= 15 is 0 Å². The molecule has 0 radical (unpaired) electrons. The monoisotopic (exact) mass is 226 g/mol. The summed E-state index contributed by atoms with van der Waals surface area (Å²) in [7, 11) is 0. The third-order valence-electron chi connectivity index (χ3n) is 3.58. The minimum absolute atomic E-state index is 0.761. The largest absolute Gasteiger partial charge is 0.316 e. The summed E-state index contributed by atoms with van der Waals surface area (Å²) in [6.07, 6.45) is 5.75. The second kappa shape index (κ2) is 4.84. The molecule has 1 saturated heterocycles. The Kier molecular flexibility index (Phi) is 3.06. The molecule has 0 aliphatic carbocycles. The number of rotatable bonds is 2. The number of aromatic nitrogens is 1. The van der Waals surface area contributed by atoms with Gasteiger partial charge in [0.15, 0.2) is 0 Å². The van der Waals surface area contributed by atoms with Gasteiger partial charge in [0.05, 0.1) is 0 Å². The molecule has 1 N–H and O–H groups in total. The third-order valence-corrected chi connectivity index (χ3v) is 3.58. The molecule has 17 heavy (non-hydrogen) atoms. The van der Waals surface area contributed by atoms with Crippen molar-refractivity contribution in [2.75, 3.05) is 13.1 Å². The number of nitrogens with one attached hydrogen (secondary N) is 1. The highest BCUT2D eigenvalue weighted by atomic mass is 14.9. The zero-order valence-electron chi connectivity index (χ0n) is 10.0.